The topological polar surface area (TPSA) is 84.7 Å². The zero-order chi connectivity index (χ0) is 24.2. The monoisotopic (exact) mass is 474 g/mol. The Morgan fingerprint density at radius 3 is 2.53 bits per heavy atom. The second-order valence-corrected chi connectivity index (χ2v) is 8.07. The fraction of sp³-hybridized carbons (Fsp3) is 0.115. The quantitative estimate of drug-likeness (QED) is 0.242. The first-order valence-corrected chi connectivity index (χ1v) is 10.9. The van der Waals surface area contributed by atoms with E-state index in [2.05, 4.69) is 15.8 Å². The number of carbonyl (C=O) groups excluding carboxylic acids is 2. The van der Waals surface area contributed by atoms with Crippen molar-refractivity contribution in [2.75, 3.05) is 12.4 Å². The van der Waals surface area contributed by atoms with Gasteiger partial charge in [-0.25, -0.2) is 5.43 Å². The minimum Gasteiger partial charge on any atom is -0.495 e. The smallest absolute Gasteiger partial charge is 0.329 e. The number of hydrogen-bond donors (Lipinski definition) is 2. The summed E-state index contributed by atoms with van der Waals surface area (Å²) in [6.07, 6.45) is 1.51. The summed E-state index contributed by atoms with van der Waals surface area (Å²) in [6.45, 7) is 3.89. The van der Waals surface area contributed by atoms with Crippen molar-refractivity contribution in [3.63, 3.8) is 0 Å². The summed E-state index contributed by atoms with van der Waals surface area (Å²) in [6, 6.07) is 20.6. The van der Waals surface area contributed by atoms with E-state index in [0.29, 0.717) is 16.5 Å². The molecule has 2 amide bonds. The number of methoxy groups -OCH3 is 1. The molecular formula is C26H23ClN4O3. The van der Waals surface area contributed by atoms with Crippen molar-refractivity contribution < 1.29 is 14.3 Å². The van der Waals surface area contributed by atoms with E-state index >= 15 is 0 Å². The summed E-state index contributed by atoms with van der Waals surface area (Å²) in [5.74, 6) is -1.06. The summed E-state index contributed by atoms with van der Waals surface area (Å²) in [7, 11) is 1.57. The van der Waals surface area contributed by atoms with Crippen LogP contribution >= 0.6 is 11.6 Å². The summed E-state index contributed by atoms with van der Waals surface area (Å²) in [4.78, 5) is 24.7. The Bertz CT molecular complexity index is 1420. The van der Waals surface area contributed by atoms with E-state index in [1.165, 1.54) is 6.21 Å². The van der Waals surface area contributed by atoms with Gasteiger partial charge in [-0.2, -0.15) is 5.10 Å². The molecule has 0 radical (unpaired) electrons. The van der Waals surface area contributed by atoms with E-state index in [1.807, 2.05) is 73.0 Å². The molecule has 0 unspecified atom stereocenters. The molecule has 0 aliphatic heterocycles. The van der Waals surface area contributed by atoms with Crippen molar-refractivity contribution >= 4 is 46.1 Å². The zero-order valence-corrected chi connectivity index (χ0v) is 19.7. The summed E-state index contributed by atoms with van der Waals surface area (Å²) < 4.78 is 7.24. The molecule has 0 atom stereocenters. The maximum atomic E-state index is 12.4. The molecule has 7 nitrogen and oxygen atoms in total. The number of rotatable bonds is 5. The molecule has 172 valence electrons. The molecule has 2 N–H and O–H groups in total. The minimum absolute atomic E-state index is 0.507. The number of nitrogens with one attached hydrogen (secondary N) is 2. The van der Waals surface area contributed by atoms with Gasteiger partial charge in [0.15, 0.2) is 0 Å². The van der Waals surface area contributed by atoms with Gasteiger partial charge in [0.2, 0.25) is 0 Å². The largest absolute Gasteiger partial charge is 0.495 e. The van der Waals surface area contributed by atoms with E-state index in [0.717, 1.165) is 33.4 Å². The summed E-state index contributed by atoms with van der Waals surface area (Å²) in [5.41, 5.74) is 6.37. The highest BCUT2D eigenvalue weighted by Gasteiger charge is 2.15. The molecule has 0 spiro atoms. The maximum Gasteiger partial charge on any atom is 0.329 e. The van der Waals surface area contributed by atoms with E-state index in [4.69, 9.17) is 16.3 Å². The van der Waals surface area contributed by atoms with Crippen molar-refractivity contribution in [2.24, 2.45) is 5.10 Å². The van der Waals surface area contributed by atoms with Gasteiger partial charge in [-0.15, -0.1) is 0 Å². The molecule has 4 rings (SSSR count). The molecule has 0 saturated carbocycles. The number of benzene rings is 3. The Labute approximate surface area is 202 Å². The lowest BCUT2D eigenvalue weighted by molar-refractivity contribution is -0.136. The standard InChI is InChI=1S/C26H23ClN4O3/c1-16-13-19(17(2)31(16)20-11-12-24(34-3)22(27)14-20)15-28-30-26(33)25(32)29-23-10-6-8-18-7-4-5-9-21(18)23/h4-15H,1-3H3,(H,29,32)(H,30,33)/b28-15-. The summed E-state index contributed by atoms with van der Waals surface area (Å²) in [5, 5.41) is 8.94. The SMILES string of the molecule is COc1ccc(-n2c(C)cc(/C=N\NC(=O)C(=O)Nc3cccc4ccccc34)c2C)cc1Cl. The highest BCUT2D eigenvalue weighted by atomic mass is 35.5. The number of carbonyl (C=O) groups is 2. The predicted molar refractivity (Wildman–Crippen MR) is 135 cm³/mol. The van der Waals surface area contributed by atoms with Crippen molar-refractivity contribution in [1.29, 1.82) is 0 Å². The highest BCUT2D eigenvalue weighted by Crippen LogP contribution is 2.29. The molecule has 3 aromatic carbocycles. The van der Waals surface area contributed by atoms with Crippen LogP contribution in [0.2, 0.25) is 5.02 Å². The molecule has 4 aromatic rings. The van der Waals surface area contributed by atoms with Gasteiger partial charge >= 0.3 is 11.8 Å². The number of hydrogen-bond acceptors (Lipinski definition) is 4. The number of nitrogens with zero attached hydrogens (tertiary/aromatic N) is 2. The Morgan fingerprint density at radius 1 is 1.00 bits per heavy atom. The zero-order valence-electron chi connectivity index (χ0n) is 18.9. The van der Waals surface area contributed by atoms with Crippen LogP contribution in [0.1, 0.15) is 17.0 Å². The molecule has 0 saturated heterocycles. The number of anilines is 1. The van der Waals surface area contributed by atoms with Gasteiger partial charge < -0.3 is 14.6 Å². The number of halogens is 1. The van der Waals surface area contributed by atoms with Gasteiger partial charge in [-0.3, -0.25) is 9.59 Å². The highest BCUT2D eigenvalue weighted by molar-refractivity contribution is 6.40. The first kappa shape index (κ1) is 23.1. The molecule has 1 aromatic heterocycles. The molecule has 0 fully saturated rings. The fourth-order valence-electron chi connectivity index (χ4n) is 3.83. The Kier molecular flexibility index (Phi) is 6.65. The Balaban J connectivity index is 1.46. The summed E-state index contributed by atoms with van der Waals surface area (Å²) >= 11 is 6.28. The van der Waals surface area contributed by atoms with Gasteiger partial charge in [0.05, 0.1) is 18.3 Å². The third-order valence-electron chi connectivity index (χ3n) is 5.48. The first-order valence-electron chi connectivity index (χ1n) is 10.5. The van der Waals surface area contributed by atoms with Crippen LogP contribution < -0.4 is 15.5 Å². The number of ether oxygens (including phenoxy) is 1. The molecule has 0 bridgehead atoms. The number of aryl methyl sites for hydroxylation is 1. The number of fused-ring (bicyclic) bond motifs is 1. The number of aromatic nitrogens is 1. The van der Waals surface area contributed by atoms with Crippen LogP contribution in [0.4, 0.5) is 5.69 Å². The van der Waals surface area contributed by atoms with Crippen molar-refractivity contribution in [1.82, 2.24) is 9.99 Å². The second-order valence-electron chi connectivity index (χ2n) is 7.66. The molecule has 34 heavy (non-hydrogen) atoms. The average molecular weight is 475 g/mol. The van der Waals surface area contributed by atoms with Gasteiger partial charge in [-0.05, 0) is 49.6 Å². The van der Waals surface area contributed by atoms with E-state index in [1.54, 1.807) is 19.2 Å². The van der Waals surface area contributed by atoms with Gasteiger partial charge in [0.25, 0.3) is 0 Å². The lowest BCUT2D eigenvalue weighted by atomic mass is 10.1. The van der Waals surface area contributed by atoms with Crippen LogP contribution in [0.3, 0.4) is 0 Å². The van der Waals surface area contributed by atoms with E-state index in [-0.39, 0.29) is 0 Å². The normalized spacial score (nSPS) is 11.1. The van der Waals surface area contributed by atoms with Crippen molar-refractivity contribution in [3.05, 3.63) is 88.7 Å². The second kappa shape index (κ2) is 9.80. The van der Waals surface area contributed by atoms with Crippen LogP contribution in [0, 0.1) is 13.8 Å². The molecule has 1 heterocycles. The minimum atomic E-state index is -0.861. The van der Waals surface area contributed by atoms with Crippen LogP contribution in [0.5, 0.6) is 5.75 Å². The first-order chi connectivity index (χ1) is 16.4. The lowest BCUT2D eigenvalue weighted by Gasteiger charge is -2.11. The lowest BCUT2D eigenvalue weighted by Crippen LogP contribution is -2.32. The predicted octanol–water partition coefficient (Wildman–Crippen LogP) is 5.00. The van der Waals surface area contributed by atoms with Crippen LogP contribution in [0.25, 0.3) is 16.5 Å². The van der Waals surface area contributed by atoms with Gasteiger partial charge in [-0.1, -0.05) is 48.0 Å². The van der Waals surface area contributed by atoms with E-state index < -0.39 is 11.8 Å². The van der Waals surface area contributed by atoms with Crippen molar-refractivity contribution in [2.45, 2.75) is 13.8 Å². The fourth-order valence-corrected chi connectivity index (χ4v) is 4.09. The van der Waals surface area contributed by atoms with Crippen LogP contribution in [-0.4, -0.2) is 29.7 Å². The maximum absolute atomic E-state index is 12.4. The van der Waals surface area contributed by atoms with E-state index in [9.17, 15) is 9.59 Å². The molecule has 0 aliphatic carbocycles. The third-order valence-corrected chi connectivity index (χ3v) is 5.77. The Hall–Kier alpha value is -4.10. The van der Waals surface area contributed by atoms with Crippen molar-refractivity contribution in [3.8, 4) is 11.4 Å². The Morgan fingerprint density at radius 2 is 1.76 bits per heavy atom. The molecular weight excluding hydrogens is 452 g/mol. The number of amides is 2. The van der Waals surface area contributed by atoms with Gasteiger partial charge in [0, 0.05) is 33.7 Å². The van der Waals surface area contributed by atoms with Crippen LogP contribution in [-0.2, 0) is 9.59 Å². The average Bonchev–Trinajstić information content (AvgIpc) is 3.11. The third kappa shape index (κ3) is 4.65. The molecule has 0 aliphatic rings. The van der Waals surface area contributed by atoms with Crippen LogP contribution in [0.15, 0.2) is 71.8 Å². The van der Waals surface area contributed by atoms with Gasteiger partial charge in [0.1, 0.15) is 5.75 Å². The number of hydrazone groups is 1. The molecule has 8 heteroatoms.